The molecule has 2 heterocycles. The average molecular weight is 445 g/mol. The van der Waals surface area contributed by atoms with Crippen molar-refractivity contribution in [3.63, 3.8) is 0 Å². The van der Waals surface area contributed by atoms with Crippen LogP contribution < -0.4 is 4.31 Å². The molecule has 0 amide bonds. The molecular weight excluding hydrogens is 412 g/mol. The van der Waals surface area contributed by atoms with Crippen molar-refractivity contribution in [1.82, 2.24) is 4.90 Å². The molecule has 0 radical (unpaired) electrons. The summed E-state index contributed by atoms with van der Waals surface area (Å²) in [5, 5.41) is 22.0. The molecule has 7 heteroatoms. The van der Waals surface area contributed by atoms with Gasteiger partial charge < -0.3 is 15.1 Å². The van der Waals surface area contributed by atoms with Gasteiger partial charge >= 0.3 is 0 Å². The zero-order valence-electron chi connectivity index (χ0n) is 18.3. The highest BCUT2D eigenvalue weighted by molar-refractivity contribution is 7.92. The first-order valence-corrected chi connectivity index (χ1v) is 12.8. The van der Waals surface area contributed by atoms with Crippen molar-refractivity contribution in [2.45, 2.75) is 44.3 Å². The Kier molecular flexibility index (Phi) is 6.14. The standard InChI is InChI=1S/C24H32N2O4S/c1-18-6-3-4-8-21(18)24(28)11-14-25(15-12-24)17-23(27)20-9-10-22-19(16-20)7-5-13-26(22)31(2,29)30/h3-4,6,8-10,16,23,27-28H,5,7,11-15,17H2,1-2H3. The van der Waals surface area contributed by atoms with E-state index in [2.05, 4.69) is 4.90 Å². The van der Waals surface area contributed by atoms with Crippen molar-refractivity contribution in [3.05, 3.63) is 64.7 Å². The normalized spacial score (nSPS) is 20.3. The number of aliphatic hydroxyl groups is 2. The van der Waals surface area contributed by atoms with Crippen molar-refractivity contribution in [1.29, 1.82) is 0 Å². The molecule has 31 heavy (non-hydrogen) atoms. The highest BCUT2D eigenvalue weighted by atomic mass is 32.2. The molecule has 168 valence electrons. The zero-order valence-corrected chi connectivity index (χ0v) is 19.1. The van der Waals surface area contributed by atoms with E-state index in [9.17, 15) is 18.6 Å². The van der Waals surface area contributed by atoms with Gasteiger partial charge in [0, 0.05) is 26.2 Å². The lowest BCUT2D eigenvalue weighted by Gasteiger charge is -2.40. The Bertz CT molecular complexity index is 1050. The summed E-state index contributed by atoms with van der Waals surface area (Å²) in [6.45, 7) is 4.47. The van der Waals surface area contributed by atoms with Crippen molar-refractivity contribution < 1.29 is 18.6 Å². The van der Waals surface area contributed by atoms with E-state index in [-0.39, 0.29) is 0 Å². The van der Waals surface area contributed by atoms with Crippen LogP contribution in [0.25, 0.3) is 0 Å². The topological polar surface area (TPSA) is 81.1 Å². The number of hydrogen-bond donors (Lipinski definition) is 2. The van der Waals surface area contributed by atoms with Crippen LogP contribution in [0.4, 0.5) is 5.69 Å². The van der Waals surface area contributed by atoms with E-state index in [1.165, 1.54) is 10.6 Å². The van der Waals surface area contributed by atoms with Crippen LogP contribution in [0.15, 0.2) is 42.5 Å². The number of likely N-dealkylation sites (tertiary alicyclic amines) is 1. The van der Waals surface area contributed by atoms with Crippen LogP contribution in [-0.4, -0.2) is 56.0 Å². The molecule has 2 aromatic carbocycles. The molecule has 0 saturated carbocycles. The number of aryl methyl sites for hydroxylation is 2. The van der Waals surface area contributed by atoms with Gasteiger partial charge in [0.2, 0.25) is 10.0 Å². The van der Waals surface area contributed by atoms with E-state index >= 15 is 0 Å². The molecule has 2 aromatic rings. The third-order valence-electron chi connectivity index (χ3n) is 6.73. The van der Waals surface area contributed by atoms with Gasteiger partial charge in [-0.15, -0.1) is 0 Å². The molecule has 1 saturated heterocycles. The van der Waals surface area contributed by atoms with Gasteiger partial charge in [0.15, 0.2) is 0 Å². The third-order valence-corrected chi connectivity index (χ3v) is 7.91. The lowest BCUT2D eigenvalue weighted by atomic mass is 9.82. The van der Waals surface area contributed by atoms with Crippen LogP contribution in [0, 0.1) is 6.92 Å². The van der Waals surface area contributed by atoms with Gasteiger partial charge in [-0.05, 0) is 60.9 Å². The Hall–Kier alpha value is -1.93. The molecule has 0 bridgehead atoms. The maximum Gasteiger partial charge on any atom is 0.232 e. The summed E-state index contributed by atoms with van der Waals surface area (Å²) in [4.78, 5) is 2.19. The number of nitrogens with zero attached hydrogens (tertiary/aromatic N) is 2. The maximum atomic E-state index is 12.1. The number of piperidine rings is 1. The van der Waals surface area contributed by atoms with Crippen LogP contribution in [0.5, 0.6) is 0 Å². The maximum absolute atomic E-state index is 12.1. The smallest absolute Gasteiger partial charge is 0.232 e. The molecule has 1 unspecified atom stereocenters. The van der Waals surface area contributed by atoms with E-state index in [4.69, 9.17) is 0 Å². The van der Waals surface area contributed by atoms with Crippen LogP contribution >= 0.6 is 0 Å². The Balaban J connectivity index is 1.42. The van der Waals surface area contributed by atoms with Gasteiger partial charge in [0.1, 0.15) is 0 Å². The van der Waals surface area contributed by atoms with Crippen molar-refractivity contribution in [2.75, 3.05) is 36.7 Å². The number of aliphatic hydroxyl groups excluding tert-OH is 1. The van der Waals surface area contributed by atoms with Gasteiger partial charge in [-0.1, -0.05) is 36.4 Å². The molecule has 1 fully saturated rings. The molecule has 0 aromatic heterocycles. The van der Waals surface area contributed by atoms with Crippen molar-refractivity contribution in [2.24, 2.45) is 0 Å². The van der Waals surface area contributed by atoms with E-state index in [0.717, 1.165) is 40.8 Å². The first kappa shape index (κ1) is 22.3. The third kappa shape index (κ3) is 4.65. The fourth-order valence-corrected chi connectivity index (χ4v) is 5.95. The van der Waals surface area contributed by atoms with E-state index < -0.39 is 21.7 Å². The number of rotatable bonds is 5. The van der Waals surface area contributed by atoms with Crippen molar-refractivity contribution >= 4 is 15.7 Å². The van der Waals surface area contributed by atoms with Gasteiger partial charge in [-0.2, -0.15) is 0 Å². The monoisotopic (exact) mass is 444 g/mol. The van der Waals surface area contributed by atoms with Crippen LogP contribution in [0.2, 0.25) is 0 Å². The average Bonchev–Trinajstić information content (AvgIpc) is 2.74. The number of fused-ring (bicyclic) bond motifs is 1. The van der Waals surface area contributed by atoms with Crippen LogP contribution in [0.1, 0.15) is 47.6 Å². The first-order valence-electron chi connectivity index (χ1n) is 11.0. The first-order chi connectivity index (χ1) is 14.7. The van der Waals surface area contributed by atoms with Gasteiger partial charge in [0.05, 0.1) is 23.6 Å². The second-order valence-corrected chi connectivity index (χ2v) is 10.9. The Morgan fingerprint density at radius 2 is 1.81 bits per heavy atom. The largest absolute Gasteiger partial charge is 0.387 e. The number of benzene rings is 2. The number of sulfonamides is 1. The zero-order chi connectivity index (χ0) is 22.2. The van der Waals surface area contributed by atoms with E-state index in [1.807, 2.05) is 49.4 Å². The van der Waals surface area contributed by atoms with Gasteiger partial charge in [-0.25, -0.2) is 8.42 Å². The summed E-state index contributed by atoms with van der Waals surface area (Å²) in [5.41, 5.74) is 3.81. The Morgan fingerprint density at radius 1 is 1.10 bits per heavy atom. The summed E-state index contributed by atoms with van der Waals surface area (Å²) in [6.07, 6.45) is 3.46. The minimum atomic E-state index is -3.29. The SMILES string of the molecule is Cc1ccccc1C1(O)CCN(CC(O)c2ccc3c(c2)CCCN3S(C)(=O)=O)CC1. The minimum Gasteiger partial charge on any atom is -0.387 e. The van der Waals surface area contributed by atoms with Gasteiger partial charge in [0.25, 0.3) is 0 Å². The van der Waals surface area contributed by atoms with Crippen molar-refractivity contribution in [3.8, 4) is 0 Å². The molecule has 0 aliphatic carbocycles. The molecule has 6 nitrogen and oxygen atoms in total. The summed E-state index contributed by atoms with van der Waals surface area (Å²) >= 11 is 0. The molecular formula is C24H32N2O4S. The number of anilines is 1. The molecule has 2 N–H and O–H groups in total. The summed E-state index contributed by atoms with van der Waals surface area (Å²) in [5.74, 6) is 0. The van der Waals surface area contributed by atoms with Crippen LogP contribution in [-0.2, 0) is 22.0 Å². The van der Waals surface area contributed by atoms with Crippen LogP contribution in [0.3, 0.4) is 0 Å². The number of β-amino-alcohol motifs (C(OH)–C–C–N with tert-alkyl or cyclic N) is 1. The summed E-state index contributed by atoms with van der Waals surface area (Å²) < 4.78 is 25.6. The fraction of sp³-hybridized carbons (Fsp3) is 0.500. The molecule has 0 spiro atoms. The Morgan fingerprint density at radius 3 is 2.48 bits per heavy atom. The quantitative estimate of drug-likeness (QED) is 0.741. The molecule has 2 aliphatic heterocycles. The summed E-state index contributed by atoms with van der Waals surface area (Å²) in [7, 11) is -3.29. The highest BCUT2D eigenvalue weighted by Crippen LogP contribution is 2.36. The Labute approximate surface area is 185 Å². The second kappa shape index (κ2) is 8.54. The molecule has 1 atom stereocenters. The lowest BCUT2D eigenvalue weighted by Crippen LogP contribution is -2.44. The summed E-state index contributed by atoms with van der Waals surface area (Å²) in [6, 6.07) is 13.6. The molecule has 4 rings (SSSR count). The lowest BCUT2D eigenvalue weighted by molar-refractivity contribution is -0.0348. The molecule has 2 aliphatic rings. The minimum absolute atomic E-state index is 0.498. The van der Waals surface area contributed by atoms with Gasteiger partial charge in [-0.3, -0.25) is 4.31 Å². The van der Waals surface area contributed by atoms with E-state index in [1.54, 1.807) is 0 Å². The fourth-order valence-electron chi connectivity index (χ4n) is 4.95. The van der Waals surface area contributed by atoms with E-state index in [0.29, 0.717) is 39.0 Å². The number of hydrogen-bond acceptors (Lipinski definition) is 5. The highest BCUT2D eigenvalue weighted by Gasteiger charge is 2.35. The predicted molar refractivity (Wildman–Crippen MR) is 123 cm³/mol. The predicted octanol–water partition coefficient (Wildman–Crippen LogP) is 2.72. The second-order valence-electron chi connectivity index (χ2n) is 8.99.